The van der Waals surface area contributed by atoms with E-state index in [1.54, 1.807) is 31.2 Å². The molecule has 0 amide bonds. The van der Waals surface area contributed by atoms with Gasteiger partial charge in [0.05, 0.1) is 11.8 Å². The van der Waals surface area contributed by atoms with Crippen LogP contribution in [0.3, 0.4) is 0 Å². The summed E-state index contributed by atoms with van der Waals surface area (Å²) in [6, 6.07) is -0.327. The molecule has 0 heterocycles. The lowest BCUT2D eigenvalue weighted by Gasteiger charge is -2.32. The van der Waals surface area contributed by atoms with Crippen LogP contribution in [0.25, 0.3) is 0 Å². The van der Waals surface area contributed by atoms with Gasteiger partial charge in [-0.2, -0.15) is 0 Å². The molecule has 4 nitrogen and oxygen atoms in total. The molecule has 74 valence electrons. The van der Waals surface area contributed by atoms with Gasteiger partial charge < -0.3 is 5.73 Å². The van der Waals surface area contributed by atoms with Gasteiger partial charge in [0, 0.05) is 6.04 Å². The van der Waals surface area contributed by atoms with Gasteiger partial charge in [-0.05, 0) is 6.92 Å². The Morgan fingerprint density at radius 1 is 1.46 bits per heavy atom. The van der Waals surface area contributed by atoms with E-state index in [9.17, 15) is 8.42 Å². The molecule has 0 aromatic rings. The molecule has 0 bridgehead atoms. The van der Waals surface area contributed by atoms with E-state index in [1.165, 1.54) is 0 Å². The molecule has 0 spiro atoms. The third-order valence-electron chi connectivity index (χ3n) is 1.97. The van der Waals surface area contributed by atoms with Crippen LogP contribution in [0.5, 0.6) is 0 Å². The number of nitrogens with one attached hydrogen (secondary N) is 1. The van der Waals surface area contributed by atoms with E-state index < -0.39 is 15.6 Å². The standard InChI is InChI=1S/C8H14N2O2S/c1-8(10-13(2,11)12)6-4-3-5-7(8)9/h3-7,10H,9H2,1-2H3. The van der Waals surface area contributed by atoms with Gasteiger partial charge in [-0.1, -0.05) is 24.3 Å². The zero-order chi connectivity index (χ0) is 10.1. The highest BCUT2D eigenvalue weighted by molar-refractivity contribution is 7.88. The Labute approximate surface area is 78.6 Å². The Balaban J connectivity index is 2.89. The zero-order valence-electron chi connectivity index (χ0n) is 7.69. The molecule has 0 fully saturated rings. The van der Waals surface area contributed by atoms with Crippen molar-refractivity contribution in [3.05, 3.63) is 24.3 Å². The van der Waals surface area contributed by atoms with Gasteiger partial charge in [0.1, 0.15) is 0 Å². The Morgan fingerprint density at radius 2 is 2.08 bits per heavy atom. The minimum absolute atomic E-state index is 0.327. The maximum Gasteiger partial charge on any atom is 0.209 e. The van der Waals surface area contributed by atoms with Crippen LogP contribution in [0.4, 0.5) is 0 Å². The van der Waals surface area contributed by atoms with E-state index in [4.69, 9.17) is 5.73 Å². The van der Waals surface area contributed by atoms with Crippen LogP contribution in [0, 0.1) is 0 Å². The maximum atomic E-state index is 11.0. The van der Waals surface area contributed by atoms with E-state index in [0.29, 0.717) is 0 Å². The topological polar surface area (TPSA) is 72.2 Å². The van der Waals surface area contributed by atoms with Crippen molar-refractivity contribution < 1.29 is 8.42 Å². The van der Waals surface area contributed by atoms with Gasteiger partial charge in [0.2, 0.25) is 10.0 Å². The van der Waals surface area contributed by atoms with Crippen molar-refractivity contribution in [2.24, 2.45) is 5.73 Å². The van der Waals surface area contributed by atoms with Crippen molar-refractivity contribution in [3.63, 3.8) is 0 Å². The second kappa shape index (κ2) is 3.25. The smallest absolute Gasteiger partial charge is 0.209 e. The van der Waals surface area contributed by atoms with E-state index in [-0.39, 0.29) is 6.04 Å². The van der Waals surface area contributed by atoms with Crippen molar-refractivity contribution in [1.29, 1.82) is 0 Å². The van der Waals surface area contributed by atoms with Crippen molar-refractivity contribution in [2.45, 2.75) is 18.5 Å². The fourth-order valence-corrected chi connectivity index (χ4v) is 2.25. The van der Waals surface area contributed by atoms with Crippen molar-refractivity contribution in [1.82, 2.24) is 4.72 Å². The van der Waals surface area contributed by atoms with Crippen LogP contribution in [-0.4, -0.2) is 26.3 Å². The normalized spacial score (nSPS) is 33.6. The monoisotopic (exact) mass is 202 g/mol. The van der Waals surface area contributed by atoms with E-state index in [1.807, 2.05) is 0 Å². The summed E-state index contributed by atoms with van der Waals surface area (Å²) in [5.74, 6) is 0. The molecule has 0 saturated heterocycles. The van der Waals surface area contributed by atoms with Crippen LogP contribution in [0.15, 0.2) is 24.3 Å². The zero-order valence-corrected chi connectivity index (χ0v) is 8.51. The number of nitrogens with two attached hydrogens (primary N) is 1. The number of sulfonamides is 1. The second-order valence-electron chi connectivity index (χ2n) is 3.43. The average molecular weight is 202 g/mol. The summed E-state index contributed by atoms with van der Waals surface area (Å²) in [5, 5.41) is 0. The first-order valence-corrected chi connectivity index (χ1v) is 5.83. The van der Waals surface area contributed by atoms with Crippen molar-refractivity contribution in [3.8, 4) is 0 Å². The Hall–Kier alpha value is -0.650. The maximum absolute atomic E-state index is 11.0. The Bertz CT molecular complexity index is 345. The summed E-state index contributed by atoms with van der Waals surface area (Å²) in [5.41, 5.74) is 5.05. The first-order chi connectivity index (χ1) is 5.83. The van der Waals surface area contributed by atoms with Gasteiger partial charge in [-0.25, -0.2) is 13.1 Å². The summed E-state index contributed by atoms with van der Waals surface area (Å²) >= 11 is 0. The van der Waals surface area contributed by atoms with E-state index in [0.717, 1.165) is 6.26 Å². The third-order valence-corrected chi connectivity index (χ3v) is 2.78. The summed E-state index contributed by atoms with van der Waals surface area (Å²) in [7, 11) is -3.23. The largest absolute Gasteiger partial charge is 0.323 e. The lowest BCUT2D eigenvalue weighted by Crippen LogP contribution is -2.56. The SMILES string of the molecule is CC1(NS(C)(=O)=O)C=CC=CC1N. The molecular formula is C8H14N2O2S. The molecule has 0 aromatic heterocycles. The minimum atomic E-state index is -3.23. The van der Waals surface area contributed by atoms with Crippen molar-refractivity contribution >= 4 is 10.0 Å². The van der Waals surface area contributed by atoms with Gasteiger partial charge in [-0.3, -0.25) is 0 Å². The fraction of sp³-hybridized carbons (Fsp3) is 0.500. The molecule has 1 rings (SSSR count). The van der Waals surface area contributed by atoms with Crippen LogP contribution in [-0.2, 0) is 10.0 Å². The number of allylic oxidation sites excluding steroid dienone is 2. The predicted octanol–water partition coefficient (Wildman–Crippen LogP) is -0.252. The molecule has 0 radical (unpaired) electrons. The summed E-state index contributed by atoms with van der Waals surface area (Å²) < 4.78 is 24.5. The Kier molecular flexibility index (Phi) is 2.61. The lowest BCUT2D eigenvalue weighted by molar-refractivity contribution is 0.456. The van der Waals surface area contributed by atoms with Gasteiger partial charge in [0.15, 0.2) is 0 Å². The van der Waals surface area contributed by atoms with Crippen LogP contribution >= 0.6 is 0 Å². The van der Waals surface area contributed by atoms with Gasteiger partial charge in [0.25, 0.3) is 0 Å². The minimum Gasteiger partial charge on any atom is -0.323 e. The molecule has 13 heavy (non-hydrogen) atoms. The quantitative estimate of drug-likeness (QED) is 0.648. The predicted molar refractivity (Wildman–Crippen MR) is 52.6 cm³/mol. The van der Waals surface area contributed by atoms with Crippen LogP contribution in [0.2, 0.25) is 0 Å². The van der Waals surface area contributed by atoms with E-state index >= 15 is 0 Å². The molecule has 0 aromatic carbocycles. The highest BCUT2D eigenvalue weighted by Gasteiger charge is 2.31. The molecule has 0 aliphatic heterocycles. The van der Waals surface area contributed by atoms with E-state index in [2.05, 4.69) is 4.72 Å². The molecule has 3 N–H and O–H groups in total. The molecule has 0 saturated carbocycles. The molecule has 1 aliphatic rings. The average Bonchev–Trinajstić information content (AvgIpc) is 1.92. The molecule has 5 heteroatoms. The first-order valence-electron chi connectivity index (χ1n) is 3.94. The highest BCUT2D eigenvalue weighted by atomic mass is 32.2. The summed E-state index contributed by atoms with van der Waals surface area (Å²) in [4.78, 5) is 0. The highest BCUT2D eigenvalue weighted by Crippen LogP contribution is 2.16. The van der Waals surface area contributed by atoms with Crippen LogP contribution < -0.4 is 10.5 Å². The van der Waals surface area contributed by atoms with Gasteiger partial charge >= 0.3 is 0 Å². The molecular weight excluding hydrogens is 188 g/mol. The van der Waals surface area contributed by atoms with Gasteiger partial charge in [-0.15, -0.1) is 0 Å². The molecule has 2 unspecified atom stereocenters. The lowest BCUT2D eigenvalue weighted by atomic mass is 9.90. The number of rotatable bonds is 2. The third kappa shape index (κ3) is 2.65. The number of hydrogen-bond donors (Lipinski definition) is 2. The second-order valence-corrected chi connectivity index (χ2v) is 5.18. The Morgan fingerprint density at radius 3 is 2.54 bits per heavy atom. The van der Waals surface area contributed by atoms with Crippen LogP contribution in [0.1, 0.15) is 6.92 Å². The van der Waals surface area contributed by atoms with Crippen molar-refractivity contribution in [2.75, 3.05) is 6.26 Å². The fourth-order valence-electron chi connectivity index (χ4n) is 1.25. The first kappa shape index (κ1) is 10.4. The summed E-state index contributed by atoms with van der Waals surface area (Å²) in [6.07, 6.45) is 8.21. The molecule has 1 aliphatic carbocycles. The molecule has 2 atom stereocenters. The summed E-state index contributed by atoms with van der Waals surface area (Å²) in [6.45, 7) is 1.75. The number of hydrogen-bond acceptors (Lipinski definition) is 3.